The van der Waals surface area contributed by atoms with E-state index in [9.17, 15) is 9.59 Å². The highest BCUT2D eigenvalue weighted by Crippen LogP contribution is 2.19. The fraction of sp³-hybridized carbons (Fsp3) is 0.500. The Morgan fingerprint density at radius 1 is 1.20 bits per heavy atom. The van der Waals surface area contributed by atoms with E-state index in [1.807, 2.05) is 0 Å². The van der Waals surface area contributed by atoms with E-state index >= 15 is 0 Å². The molecule has 136 valence electrons. The quantitative estimate of drug-likeness (QED) is 0.577. The molecule has 0 radical (unpaired) electrons. The molecule has 1 aromatic carbocycles. The summed E-state index contributed by atoms with van der Waals surface area (Å²) in [5.74, 6) is 0.0495. The number of rotatable bonds is 8. The monoisotopic (exact) mass is 345 g/mol. The second kappa shape index (κ2) is 9.87. The maximum absolute atomic E-state index is 12.1. The van der Waals surface area contributed by atoms with E-state index in [0.717, 1.165) is 19.3 Å². The average Bonchev–Trinajstić information content (AvgIpc) is 2.63. The van der Waals surface area contributed by atoms with E-state index in [2.05, 4.69) is 11.4 Å². The largest absolute Gasteiger partial charge is 0.481 e. The van der Waals surface area contributed by atoms with Gasteiger partial charge in [0.05, 0.1) is 12.2 Å². The molecule has 5 nitrogen and oxygen atoms in total. The summed E-state index contributed by atoms with van der Waals surface area (Å²) in [6.07, 6.45) is 7.44. The van der Waals surface area contributed by atoms with Gasteiger partial charge in [-0.15, -0.1) is 0 Å². The van der Waals surface area contributed by atoms with Crippen molar-refractivity contribution in [2.24, 2.45) is 0 Å². The van der Waals surface area contributed by atoms with Crippen LogP contribution < -0.4 is 10.1 Å². The van der Waals surface area contributed by atoms with Crippen LogP contribution in [0.15, 0.2) is 35.9 Å². The van der Waals surface area contributed by atoms with Crippen LogP contribution in [0.1, 0.15) is 56.3 Å². The number of amides is 1. The van der Waals surface area contributed by atoms with Crippen LogP contribution in [-0.2, 0) is 9.53 Å². The lowest BCUT2D eigenvalue weighted by atomic mass is 9.97. The Balaban J connectivity index is 1.76. The maximum atomic E-state index is 12.1. The molecule has 0 aliphatic heterocycles. The van der Waals surface area contributed by atoms with Gasteiger partial charge in [0.1, 0.15) is 5.75 Å². The molecule has 0 unspecified atom stereocenters. The van der Waals surface area contributed by atoms with Crippen molar-refractivity contribution in [3.63, 3.8) is 0 Å². The van der Waals surface area contributed by atoms with Crippen molar-refractivity contribution in [1.82, 2.24) is 5.32 Å². The van der Waals surface area contributed by atoms with Crippen molar-refractivity contribution in [3.05, 3.63) is 41.5 Å². The first-order valence-corrected chi connectivity index (χ1v) is 8.99. The predicted octanol–water partition coefficient (Wildman–Crippen LogP) is 3.64. The van der Waals surface area contributed by atoms with Crippen LogP contribution in [0.25, 0.3) is 0 Å². The minimum atomic E-state index is -0.589. The fourth-order valence-corrected chi connectivity index (χ4v) is 2.76. The molecule has 0 bridgehead atoms. The summed E-state index contributed by atoms with van der Waals surface area (Å²) in [6.45, 7) is 4.46. The van der Waals surface area contributed by atoms with Gasteiger partial charge in [0, 0.05) is 6.54 Å². The number of carbonyl (C=O) groups is 2. The van der Waals surface area contributed by atoms with Crippen molar-refractivity contribution in [2.45, 2.75) is 52.1 Å². The number of hydrogen-bond donors (Lipinski definition) is 1. The highest BCUT2D eigenvalue weighted by atomic mass is 16.5. The Hall–Kier alpha value is -2.30. The molecule has 0 heterocycles. The molecule has 5 heteroatoms. The third kappa shape index (κ3) is 6.25. The summed E-state index contributed by atoms with van der Waals surface area (Å²) < 4.78 is 10.6. The minimum absolute atomic E-state index is 0.133. The standard InChI is InChI=1S/C20H27NO4/c1-3-24-20(23)17-9-11-18(12-10-17)25-15(2)19(22)21-14-13-16-7-5-4-6-8-16/h7,9-12,15H,3-6,8,13-14H2,1-2H3,(H,21,22)/t15-/m0/s1. The lowest BCUT2D eigenvalue weighted by Crippen LogP contribution is -2.37. The van der Waals surface area contributed by atoms with Crippen LogP contribution in [0.4, 0.5) is 0 Å². The Kier molecular flexibility index (Phi) is 7.51. The van der Waals surface area contributed by atoms with E-state index in [-0.39, 0.29) is 11.9 Å². The van der Waals surface area contributed by atoms with Crippen LogP contribution in [0.2, 0.25) is 0 Å². The summed E-state index contributed by atoms with van der Waals surface area (Å²) in [5.41, 5.74) is 1.90. The fourth-order valence-electron chi connectivity index (χ4n) is 2.76. The molecule has 1 aromatic rings. The molecule has 1 aliphatic carbocycles. The van der Waals surface area contributed by atoms with Gasteiger partial charge in [0.15, 0.2) is 6.10 Å². The van der Waals surface area contributed by atoms with E-state index in [4.69, 9.17) is 9.47 Å². The molecule has 0 fully saturated rings. The first kappa shape index (κ1) is 19.0. The minimum Gasteiger partial charge on any atom is -0.481 e. The Labute approximate surface area is 149 Å². The van der Waals surface area contributed by atoms with E-state index in [1.54, 1.807) is 38.1 Å². The van der Waals surface area contributed by atoms with Crippen molar-refractivity contribution in [1.29, 1.82) is 0 Å². The van der Waals surface area contributed by atoms with Crippen LogP contribution in [-0.4, -0.2) is 31.1 Å². The molecule has 1 atom stereocenters. The van der Waals surface area contributed by atoms with Crippen molar-refractivity contribution < 1.29 is 19.1 Å². The number of ether oxygens (including phenoxy) is 2. The zero-order valence-corrected chi connectivity index (χ0v) is 15.0. The first-order chi connectivity index (χ1) is 12.1. The smallest absolute Gasteiger partial charge is 0.338 e. The van der Waals surface area contributed by atoms with E-state index in [0.29, 0.717) is 24.5 Å². The summed E-state index contributed by atoms with van der Waals surface area (Å²) in [4.78, 5) is 23.7. The van der Waals surface area contributed by atoms with Crippen molar-refractivity contribution >= 4 is 11.9 Å². The molecular weight excluding hydrogens is 318 g/mol. The highest BCUT2D eigenvalue weighted by molar-refractivity contribution is 5.89. The van der Waals surface area contributed by atoms with E-state index in [1.165, 1.54) is 18.4 Å². The maximum Gasteiger partial charge on any atom is 0.338 e. The number of carbonyl (C=O) groups excluding carboxylic acids is 2. The number of esters is 1. The van der Waals surface area contributed by atoms with Crippen LogP contribution >= 0.6 is 0 Å². The molecular formula is C20H27NO4. The predicted molar refractivity (Wildman–Crippen MR) is 96.7 cm³/mol. The molecule has 1 amide bonds. The van der Waals surface area contributed by atoms with Crippen LogP contribution in [0.3, 0.4) is 0 Å². The molecule has 0 aromatic heterocycles. The zero-order chi connectivity index (χ0) is 18.1. The van der Waals surface area contributed by atoms with Gasteiger partial charge in [-0.25, -0.2) is 4.79 Å². The summed E-state index contributed by atoms with van der Waals surface area (Å²) in [6, 6.07) is 6.60. The van der Waals surface area contributed by atoms with Gasteiger partial charge in [0.2, 0.25) is 0 Å². The number of hydrogen-bond acceptors (Lipinski definition) is 4. The summed E-state index contributed by atoms with van der Waals surface area (Å²) in [7, 11) is 0. The lowest BCUT2D eigenvalue weighted by molar-refractivity contribution is -0.127. The summed E-state index contributed by atoms with van der Waals surface area (Å²) in [5, 5.41) is 2.92. The van der Waals surface area contributed by atoms with Gasteiger partial charge in [-0.2, -0.15) is 0 Å². The van der Waals surface area contributed by atoms with Gasteiger partial charge in [0.25, 0.3) is 5.91 Å². The highest BCUT2D eigenvalue weighted by Gasteiger charge is 2.15. The number of benzene rings is 1. The van der Waals surface area contributed by atoms with Crippen molar-refractivity contribution in [3.8, 4) is 5.75 Å². The van der Waals surface area contributed by atoms with Gasteiger partial charge in [-0.1, -0.05) is 11.6 Å². The molecule has 1 aliphatic rings. The Morgan fingerprint density at radius 3 is 2.60 bits per heavy atom. The summed E-state index contributed by atoms with van der Waals surface area (Å²) >= 11 is 0. The van der Waals surface area contributed by atoms with Crippen LogP contribution in [0.5, 0.6) is 5.75 Å². The van der Waals surface area contributed by atoms with Crippen LogP contribution in [0, 0.1) is 0 Å². The Morgan fingerprint density at radius 2 is 1.96 bits per heavy atom. The number of allylic oxidation sites excluding steroid dienone is 1. The Bertz CT molecular complexity index is 607. The van der Waals surface area contributed by atoms with Gasteiger partial charge < -0.3 is 14.8 Å². The lowest BCUT2D eigenvalue weighted by Gasteiger charge is -2.16. The first-order valence-electron chi connectivity index (χ1n) is 8.99. The van der Waals surface area contributed by atoms with Crippen molar-refractivity contribution in [2.75, 3.05) is 13.2 Å². The zero-order valence-electron chi connectivity index (χ0n) is 15.0. The molecule has 0 saturated heterocycles. The normalized spacial score (nSPS) is 15.0. The third-order valence-electron chi connectivity index (χ3n) is 4.18. The molecule has 2 rings (SSSR count). The second-order valence-electron chi connectivity index (χ2n) is 6.15. The number of nitrogens with one attached hydrogen (secondary N) is 1. The topological polar surface area (TPSA) is 64.6 Å². The second-order valence-corrected chi connectivity index (χ2v) is 6.15. The van der Waals surface area contributed by atoms with Gasteiger partial charge >= 0.3 is 5.97 Å². The van der Waals surface area contributed by atoms with Gasteiger partial charge in [-0.3, -0.25) is 4.79 Å². The third-order valence-corrected chi connectivity index (χ3v) is 4.18. The SMILES string of the molecule is CCOC(=O)c1ccc(O[C@@H](C)C(=O)NCCC2=CCCCC2)cc1. The average molecular weight is 345 g/mol. The molecule has 0 saturated carbocycles. The molecule has 1 N–H and O–H groups in total. The molecule has 0 spiro atoms. The van der Waals surface area contributed by atoms with Gasteiger partial charge in [-0.05, 0) is 70.2 Å². The van der Waals surface area contributed by atoms with E-state index < -0.39 is 6.10 Å². The molecule has 25 heavy (non-hydrogen) atoms.